The Morgan fingerprint density at radius 3 is 2.10 bits per heavy atom. The van der Waals surface area contributed by atoms with Gasteiger partial charge in [0.1, 0.15) is 12.0 Å². The maximum atomic E-state index is 10.3. The van der Waals surface area contributed by atoms with E-state index in [0.717, 1.165) is 6.08 Å². The van der Waals surface area contributed by atoms with Crippen LogP contribution in [-0.2, 0) is 9.59 Å². The number of likely N-dealkylation sites (N-methyl/N-ethyl adjacent to an activating group) is 1. The van der Waals surface area contributed by atoms with Crippen LogP contribution in [0.4, 0.5) is 0 Å². The van der Waals surface area contributed by atoms with Gasteiger partial charge in [-0.2, -0.15) is 0 Å². The predicted octanol–water partition coefficient (Wildman–Crippen LogP) is -0.285. The molecule has 0 aromatic heterocycles. The largest absolute Gasteiger partial charge is 0.477 e. The third-order valence-electron chi connectivity index (χ3n) is 0.927. The summed E-state index contributed by atoms with van der Waals surface area (Å²) >= 11 is 0. The summed E-state index contributed by atoms with van der Waals surface area (Å²) in [5.74, 6) is -1.10. The average Bonchev–Trinajstić information content (AvgIpc) is 1.81. The van der Waals surface area contributed by atoms with Crippen molar-refractivity contribution in [2.75, 3.05) is 14.1 Å². The first-order chi connectivity index (χ1) is 4.59. The number of allylic oxidation sites excluding steroid dienone is 1. The quantitative estimate of drug-likeness (QED) is 0.436. The van der Waals surface area contributed by atoms with Gasteiger partial charge in [-0.1, -0.05) is 0 Å². The first-order valence-corrected chi connectivity index (χ1v) is 2.65. The fourth-order valence-electron chi connectivity index (χ4n) is 0.476. The van der Waals surface area contributed by atoms with Gasteiger partial charge in [-0.05, 0) is 0 Å². The van der Waals surface area contributed by atoms with Crippen LogP contribution in [0, 0.1) is 0 Å². The number of rotatable bonds is 3. The van der Waals surface area contributed by atoms with Gasteiger partial charge in [0, 0.05) is 20.2 Å². The van der Waals surface area contributed by atoms with Crippen molar-refractivity contribution in [2.24, 2.45) is 0 Å². The number of carboxylic acids is 1. The summed E-state index contributed by atoms with van der Waals surface area (Å²) in [5.41, 5.74) is -0.0185. The number of nitrogens with zero attached hydrogens (tertiary/aromatic N) is 1. The lowest BCUT2D eigenvalue weighted by atomic mass is 10.4. The monoisotopic (exact) mass is 143 g/mol. The second kappa shape index (κ2) is 3.66. The molecular formula is C6H9NO3. The van der Waals surface area contributed by atoms with Crippen molar-refractivity contribution in [1.29, 1.82) is 0 Å². The SMILES string of the molecule is CN(C)/C(=C\C=O)C(=O)O. The number of carboxylic acid groups (broad SMARTS) is 1. The Hall–Kier alpha value is -1.32. The third kappa shape index (κ3) is 2.30. The normalized spacial score (nSPS) is 10.8. The van der Waals surface area contributed by atoms with Crippen LogP contribution in [0.3, 0.4) is 0 Å². The van der Waals surface area contributed by atoms with Gasteiger partial charge in [-0.15, -0.1) is 0 Å². The standard InChI is InChI=1S/C6H9NO3/c1-7(2)5(3-4-8)6(9)10/h3-4H,1-2H3,(H,9,10)/b5-3-. The Labute approximate surface area is 58.8 Å². The summed E-state index contributed by atoms with van der Waals surface area (Å²) in [6, 6.07) is 0. The molecule has 0 rings (SSSR count). The first kappa shape index (κ1) is 8.68. The minimum Gasteiger partial charge on any atom is -0.477 e. The lowest BCUT2D eigenvalue weighted by Crippen LogP contribution is -2.18. The highest BCUT2D eigenvalue weighted by atomic mass is 16.4. The zero-order valence-corrected chi connectivity index (χ0v) is 5.87. The molecular weight excluding hydrogens is 134 g/mol. The number of carbonyl (C=O) groups excluding carboxylic acids is 1. The molecule has 0 fully saturated rings. The van der Waals surface area contributed by atoms with Gasteiger partial charge in [0.15, 0.2) is 0 Å². The molecule has 0 radical (unpaired) electrons. The highest BCUT2D eigenvalue weighted by Crippen LogP contribution is 1.95. The molecule has 1 N–H and O–H groups in total. The number of hydrogen-bond acceptors (Lipinski definition) is 3. The minimum atomic E-state index is -1.10. The zero-order chi connectivity index (χ0) is 8.15. The lowest BCUT2D eigenvalue weighted by molar-refractivity contribution is -0.134. The van der Waals surface area contributed by atoms with Crippen LogP contribution in [0.1, 0.15) is 0 Å². The summed E-state index contributed by atoms with van der Waals surface area (Å²) < 4.78 is 0. The third-order valence-corrected chi connectivity index (χ3v) is 0.927. The fourth-order valence-corrected chi connectivity index (χ4v) is 0.476. The maximum absolute atomic E-state index is 10.3. The molecule has 0 saturated carbocycles. The molecule has 0 aliphatic heterocycles. The molecule has 0 aliphatic rings. The summed E-state index contributed by atoms with van der Waals surface area (Å²) in [6.07, 6.45) is 1.45. The second-order valence-corrected chi connectivity index (χ2v) is 1.89. The molecule has 0 aromatic carbocycles. The summed E-state index contributed by atoms with van der Waals surface area (Å²) in [6.45, 7) is 0. The molecule has 0 aromatic rings. The molecule has 4 nitrogen and oxygen atoms in total. The van der Waals surface area contributed by atoms with Gasteiger partial charge in [0.25, 0.3) is 0 Å². The average molecular weight is 143 g/mol. The molecule has 0 atom stereocenters. The fraction of sp³-hybridized carbons (Fsp3) is 0.333. The van der Waals surface area contributed by atoms with Crippen molar-refractivity contribution in [1.82, 2.24) is 4.90 Å². The van der Waals surface area contributed by atoms with Gasteiger partial charge in [0.05, 0.1) is 0 Å². The molecule has 0 amide bonds. The van der Waals surface area contributed by atoms with Crippen molar-refractivity contribution < 1.29 is 14.7 Å². The molecule has 0 bridgehead atoms. The van der Waals surface area contributed by atoms with E-state index in [9.17, 15) is 9.59 Å². The van der Waals surface area contributed by atoms with Crippen molar-refractivity contribution in [3.63, 3.8) is 0 Å². The molecule has 0 unspecified atom stereocenters. The molecule has 56 valence electrons. The molecule has 10 heavy (non-hydrogen) atoms. The van der Waals surface area contributed by atoms with E-state index in [1.54, 1.807) is 14.1 Å². The van der Waals surface area contributed by atoms with Gasteiger partial charge in [-0.25, -0.2) is 4.79 Å². The van der Waals surface area contributed by atoms with Crippen LogP contribution >= 0.6 is 0 Å². The van der Waals surface area contributed by atoms with Crippen molar-refractivity contribution in [2.45, 2.75) is 0 Å². The van der Waals surface area contributed by atoms with E-state index >= 15 is 0 Å². The van der Waals surface area contributed by atoms with Gasteiger partial charge >= 0.3 is 5.97 Å². The van der Waals surface area contributed by atoms with Crippen LogP contribution < -0.4 is 0 Å². The summed E-state index contributed by atoms with van der Waals surface area (Å²) in [5, 5.41) is 8.41. The molecule has 0 spiro atoms. The van der Waals surface area contributed by atoms with E-state index in [4.69, 9.17) is 5.11 Å². The van der Waals surface area contributed by atoms with Crippen molar-refractivity contribution in [3.8, 4) is 0 Å². The Bertz CT molecular complexity index is 172. The second-order valence-electron chi connectivity index (χ2n) is 1.89. The number of aliphatic carboxylic acids is 1. The predicted molar refractivity (Wildman–Crippen MR) is 35.5 cm³/mol. The Morgan fingerprint density at radius 2 is 2.00 bits per heavy atom. The Morgan fingerprint density at radius 1 is 1.50 bits per heavy atom. The maximum Gasteiger partial charge on any atom is 0.352 e. The van der Waals surface area contributed by atoms with E-state index in [-0.39, 0.29) is 5.70 Å². The highest BCUT2D eigenvalue weighted by Gasteiger charge is 2.07. The number of hydrogen-bond donors (Lipinski definition) is 1. The van der Waals surface area contributed by atoms with Gasteiger partial charge in [0.2, 0.25) is 0 Å². The molecule has 0 aliphatic carbocycles. The first-order valence-electron chi connectivity index (χ1n) is 2.65. The number of aldehydes is 1. The van der Waals surface area contributed by atoms with E-state index in [0.29, 0.717) is 6.29 Å². The van der Waals surface area contributed by atoms with E-state index in [1.807, 2.05) is 0 Å². The van der Waals surface area contributed by atoms with E-state index < -0.39 is 5.97 Å². The lowest BCUT2D eigenvalue weighted by Gasteiger charge is -2.10. The zero-order valence-electron chi connectivity index (χ0n) is 5.87. The topological polar surface area (TPSA) is 57.6 Å². The van der Waals surface area contributed by atoms with Crippen LogP contribution in [0.15, 0.2) is 11.8 Å². The highest BCUT2D eigenvalue weighted by molar-refractivity contribution is 5.90. The van der Waals surface area contributed by atoms with Crippen LogP contribution in [0.2, 0.25) is 0 Å². The van der Waals surface area contributed by atoms with E-state index in [1.165, 1.54) is 4.90 Å². The number of carbonyl (C=O) groups is 2. The van der Waals surface area contributed by atoms with Crippen molar-refractivity contribution in [3.05, 3.63) is 11.8 Å². The molecule has 0 saturated heterocycles. The summed E-state index contributed by atoms with van der Waals surface area (Å²) in [7, 11) is 3.12. The molecule has 4 heteroatoms. The van der Waals surface area contributed by atoms with E-state index in [2.05, 4.69) is 0 Å². The van der Waals surface area contributed by atoms with Gasteiger partial charge < -0.3 is 10.0 Å². The van der Waals surface area contributed by atoms with Gasteiger partial charge in [-0.3, -0.25) is 4.79 Å². The minimum absolute atomic E-state index is 0.0185. The van der Waals surface area contributed by atoms with Crippen molar-refractivity contribution >= 4 is 12.3 Å². The van der Waals surface area contributed by atoms with Crippen LogP contribution in [0.25, 0.3) is 0 Å². The smallest absolute Gasteiger partial charge is 0.352 e. The van der Waals surface area contributed by atoms with Crippen LogP contribution in [0.5, 0.6) is 0 Å². The Balaban J connectivity index is 4.41. The van der Waals surface area contributed by atoms with Crippen LogP contribution in [-0.4, -0.2) is 36.4 Å². The Kier molecular flexibility index (Phi) is 3.17. The summed E-state index contributed by atoms with van der Waals surface area (Å²) in [4.78, 5) is 21.5. The molecule has 0 heterocycles.